The van der Waals surface area contributed by atoms with Crippen LogP contribution in [0.1, 0.15) is 19.4 Å². The Morgan fingerprint density at radius 2 is 1.80 bits per heavy atom. The summed E-state index contributed by atoms with van der Waals surface area (Å²) in [5.41, 5.74) is 0.977. The van der Waals surface area contributed by atoms with Crippen LogP contribution in [0.15, 0.2) is 29.2 Å². The second kappa shape index (κ2) is 6.33. The van der Waals surface area contributed by atoms with Gasteiger partial charge in [0.05, 0.1) is 10.6 Å². The van der Waals surface area contributed by atoms with Gasteiger partial charge in [-0.1, -0.05) is 40.9 Å². The number of hydrogen-bond acceptors (Lipinski definition) is 3. The van der Waals surface area contributed by atoms with E-state index in [-0.39, 0.29) is 10.6 Å². The number of aryl methyl sites for hydroxylation is 1. The van der Waals surface area contributed by atoms with E-state index in [0.717, 1.165) is 5.56 Å². The van der Waals surface area contributed by atoms with Gasteiger partial charge in [-0.05, 0) is 32.9 Å². The van der Waals surface area contributed by atoms with Gasteiger partial charge in [0.1, 0.15) is 0 Å². The van der Waals surface area contributed by atoms with E-state index in [1.807, 2.05) is 6.92 Å². The molecule has 0 aliphatic rings. The first-order valence-electron chi connectivity index (χ1n) is 6.00. The zero-order valence-corrected chi connectivity index (χ0v) is 13.8. The quantitative estimate of drug-likeness (QED) is 0.839. The lowest BCUT2D eigenvalue weighted by atomic mass is 10.2. The van der Waals surface area contributed by atoms with Crippen molar-refractivity contribution in [1.82, 2.24) is 5.32 Å². The third-order valence-corrected chi connectivity index (χ3v) is 4.90. The summed E-state index contributed by atoms with van der Waals surface area (Å²) in [6.45, 7) is 4.79. The van der Waals surface area contributed by atoms with Crippen molar-refractivity contribution in [3.63, 3.8) is 0 Å². The predicted molar refractivity (Wildman–Crippen MR) is 80.9 cm³/mol. The molecule has 1 N–H and O–H groups in total. The number of carbonyl (C=O) groups excluding carboxylic acids is 1. The van der Waals surface area contributed by atoms with Gasteiger partial charge in [-0.15, -0.1) is 0 Å². The molecule has 0 heterocycles. The molecule has 1 atom stereocenters. The summed E-state index contributed by atoms with van der Waals surface area (Å²) in [5, 5.41) is 2.48. The maximum absolute atomic E-state index is 12.2. The van der Waals surface area contributed by atoms with Crippen molar-refractivity contribution >= 4 is 38.9 Å². The average molecular weight is 338 g/mol. The summed E-state index contributed by atoms with van der Waals surface area (Å²) < 4.78 is 22.8. The van der Waals surface area contributed by atoms with Gasteiger partial charge in [-0.3, -0.25) is 4.79 Å². The Labute approximate surface area is 129 Å². The fourth-order valence-corrected chi connectivity index (χ4v) is 3.16. The van der Waals surface area contributed by atoms with Gasteiger partial charge < -0.3 is 5.32 Å². The number of benzene rings is 1. The molecular formula is C13H17Cl2NO3S. The number of halogens is 2. The predicted octanol–water partition coefficient (Wildman–Crippen LogP) is 2.47. The lowest BCUT2D eigenvalue weighted by Crippen LogP contribution is -2.44. The molecule has 7 heteroatoms. The van der Waals surface area contributed by atoms with Crippen LogP contribution in [0.3, 0.4) is 0 Å². The Hall–Kier alpha value is -0.780. The smallest absolute Gasteiger partial charge is 0.256 e. The van der Waals surface area contributed by atoms with Crippen LogP contribution in [0.2, 0.25) is 0 Å². The molecule has 0 aromatic heterocycles. The highest BCUT2D eigenvalue weighted by atomic mass is 35.5. The van der Waals surface area contributed by atoms with Crippen LogP contribution in [0, 0.1) is 6.92 Å². The number of alkyl halides is 2. The molecule has 20 heavy (non-hydrogen) atoms. The van der Waals surface area contributed by atoms with Gasteiger partial charge >= 0.3 is 0 Å². The normalized spacial score (nSPS) is 13.8. The Morgan fingerprint density at radius 1 is 1.30 bits per heavy atom. The van der Waals surface area contributed by atoms with E-state index < -0.39 is 26.1 Å². The van der Waals surface area contributed by atoms with Crippen LogP contribution in [-0.2, 0) is 14.6 Å². The van der Waals surface area contributed by atoms with E-state index in [1.165, 1.54) is 6.92 Å². The topological polar surface area (TPSA) is 63.2 Å². The highest BCUT2D eigenvalue weighted by Gasteiger charge is 2.29. The molecule has 0 fully saturated rings. The number of sulfone groups is 1. The summed E-state index contributed by atoms with van der Waals surface area (Å²) in [6, 6.07) is 5.96. The highest BCUT2D eigenvalue weighted by molar-refractivity contribution is 7.91. The van der Waals surface area contributed by atoms with E-state index >= 15 is 0 Å². The number of amides is 1. The summed E-state index contributed by atoms with van der Waals surface area (Å²) in [5.74, 6) is -0.835. The number of hydrogen-bond donors (Lipinski definition) is 1. The summed E-state index contributed by atoms with van der Waals surface area (Å²) >= 11 is 11.3. The van der Waals surface area contributed by atoms with E-state index in [2.05, 4.69) is 5.32 Å². The first-order valence-corrected chi connectivity index (χ1v) is 8.41. The highest BCUT2D eigenvalue weighted by Crippen LogP contribution is 2.20. The number of carbonyl (C=O) groups is 1. The molecule has 4 nitrogen and oxygen atoms in total. The monoisotopic (exact) mass is 337 g/mol. The second-order valence-corrected chi connectivity index (χ2v) is 8.60. The number of nitrogens with one attached hydrogen (secondary N) is 1. The van der Waals surface area contributed by atoms with Crippen LogP contribution in [0.25, 0.3) is 0 Å². The third-order valence-electron chi connectivity index (χ3n) is 2.63. The van der Waals surface area contributed by atoms with Gasteiger partial charge in [0.15, 0.2) is 14.2 Å². The third kappa shape index (κ3) is 4.96. The lowest BCUT2D eigenvalue weighted by molar-refractivity contribution is -0.121. The summed E-state index contributed by atoms with van der Waals surface area (Å²) in [4.78, 5) is 11.8. The molecular weight excluding hydrogens is 321 g/mol. The van der Waals surface area contributed by atoms with E-state index in [0.29, 0.717) is 0 Å². The summed E-state index contributed by atoms with van der Waals surface area (Å²) in [7, 11) is -3.47. The molecule has 0 spiro atoms. The van der Waals surface area contributed by atoms with Crippen molar-refractivity contribution in [3.8, 4) is 0 Å². The van der Waals surface area contributed by atoms with Gasteiger partial charge in [-0.25, -0.2) is 8.42 Å². The molecule has 112 valence electrons. The Balaban J connectivity index is 2.76. The zero-order chi connectivity index (χ0) is 15.6. The molecule has 1 rings (SSSR count). The standard InChI is InChI=1S/C13H17Cl2NO3S/c1-9-4-6-11(7-5-9)20(18,19)8-10(2)16-12(17)13(3,14)15/h4-7,10H,8H2,1-3H3,(H,16,17)/t10-/m1/s1. The van der Waals surface area contributed by atoms with Crippen LogP contribution in [0.4, 0.5) is 0 Å². The van der Waals surface area contributed by atoms with Gasteiger partial charge in [0.2, 0.25) is 0 Å². The first-order chi connectivity index (χ1) is 9.02. The summed E-state index contributed by atoms with van der Waals surface area (Å²) in [6.07, 6.45) is 0. The second-order valence-electron chi connectivity index (χ2n) is 4.86. The van der Waals surface area contributed by atoms with E-state index in [4.69, 9.17) is 23.2 Å². The van der Waals surface area contributed by atoms with Crippen LogP contribution < -0.4 is 5.32 Å². The minimum Gasteiger partial charge on any atom is -0.350 e. The molecule has 0 saturated heterocycles. The van der Waals surface area contributed by atoms with E-state index in [1.54, 1.807) is 31.2 Å². The van der Waals surface area contributed by atoms with Gasteiger partial charge in [-0.2, -0.15) is 0 Å². The molecule has 1 aromatic rings. The minimum atomic E-state index is -3.47. The molecule has 1 aromatic carbocycles. The van der Waals surface area contributed by atoms with Gasteiger partial charge in [0, 0.05) is 6.04 Å². The largest absolute Gasteiger partial charge is 0.350 e. The molecule has 0 aliphatic carbocycles. The molecule has 0 radical (unpaired) electrons. The maximum Gasteiger partial charge on any atom is 0.256 e. The van der Waals surface area contributed by atoms with Crippen LogP contribution >= 0.6 is 23.2 Å². The van der Waals surface area contributed by atoms with Crippen molar-refractivity contribution in [2.45, 2.75) is 36.0 Å². The number of rotatable bonds is 5. The van der Waals surface area contributed by atoms with Crippen LogP contribution in [0.5, 0.6) is 0 Å². The Morgan fingerprint density at radius 3 is 2.25 bits per heavy atom. The van der Waals surface area contributed by atoms with Crippen molar-refractivity contribution in [2.75, 3.05) is 5.75 Å². The maximum atomic E-state index is 12.2. The Bertz CT molecular complexity index is 577. The average Bonchev–Trinajstić information content (AvgIpc) is 2.27. The lowest BCUT2D eigenvalue weighted by Gasteiger charge is -2.18. The minimum absolute atomic E-state index is 0.217. The van der Waals surface area contributed by atoms with Crippen molar-refractivity contribution in [1.29, 1.82) is 0 Å². The van der Waals surface area contributed by atoms with Crippen LogP contribution in [-0.4, -0.2) is 30.5 Å². The SMILES string of the molecule is Cc1ccc(S(=O)(=O)C[C@@H](C)NC(=O)C(C)(Cl)Cl)cc1. The molecule has 1 amide bonds. The molecule has 0 bridgehead atoms. The van der Waals surface area contributed by atoms with Crippen molar-refractivity contribution in [2.24, 2.45) is 0 Å². The first kappa shape index (κ1) is 17.3. The van der Waals surface area contributed by atoms with Crippen molar-refractivity contribution in [3.05, 3.63) is 29.8 Å². The molecule has 0 aliphatic heterocycles. The fourth-order valence-electron chi connectivity index (χ4n) is 1.56. The zero-order valence-electron chi connectivity index (χ0n) is 11.5. The van der Waals surface area contributed by atoms with E-state index in [9.17, 15) is 13.2 Å². The van der Waals surface area contributed by atoms with Gasteiger partial charge in [0.25, 0.3) is 5.91 Å². The fraction of sp³-hybridized carbons (Fsp3) is 0.462. The van der Waals surface area contributed by atoms with Crippen molar-refractivity contribution < 1.29 is 13.2 Å². The molecule has 0 saturated carbocycles. The Kier molecular flexibility index (Phi) is 5.46. The molecule has 0 unspecified atom stereocenters.